The topological polar surface area (TPSA) is 40.1 Å². The zero-order chi connectivity index (χ0) is 17.9. The Morgan fingerprint density at radius 1 is 1.15 bits per heavy atom. The van der Waals surface area contributed by atoms with Crippen LogP contribution in [0.15, 0.2) is 54.9 Å². The number of hydrogen-bond donors (Lipinski definition) is 1. The minimum Gasteiger partial charge on any atom is -0.313 e. The van der Waals surface area contributed by atoms with Gasteiger partial charge in [-0.25, -0.2) is 0 Å². The highest BCUT2D eigenvalue weighted by molar-refractivity contribution is 7.71. The summed E-state index contributed by atoms with van der Waals surface area (Å²) in [6.07, 6.45) is 6.03. The lowest BCUT2D eigenvalue weighted by atomic mass is 10.2. The van der Waals surface area contributed by atoms with Gasteiger partial charge in [0, 0.05) is 29.6 Å². The molecule has 4 rings (SSSR count). The molecule has 1 fully saturated rings. The van der Waals surface area contributed by atoms with Crippen LogP contribution in [0.1, 0.15) is 31.4 Å². The van der Waals surface area contributed by atoms with Crippen LogP contribution in [0.4, 0.5) is 0 Å². The summed E-state index contributed by atoms with van der Waals surface area (Å²) in [5.41, 5.74) is 2.37. The largest absolute Gasteiger partial charge is 0.313 e. The predicted molar refractivity (Wildman–Crippen MR) is 104 cm³/mol. The molecular formula is C20H24N5S+. The van der Waals surface area contributed by atoms with Crippen molar-refractivity contribution in [1.29, 1.82) is 0 Å². The van der Waals surface area contributed by atoms with Crippen LogP contribution < -0.4 is 4.90 Å². The van der Waals surface area contributed by atoms with Crippen LogP contribution in [-0.2, 0) is 13.2 Å². The van der Waals surface area contributed by atoms with E-state index in [4.69, 9.17) is 17.3 Å². The second-order valence-corrected chi connectivity index (χ2v) is 7.24. The maximum Gasteiger partial charge on any atom is 0.203 e. The van der Waals surface area contributed by atoms with Crippen LogP contribution in [0.2, 0.25) is 0 Å². The van der Waals surface area contributed by atoms with Crippen molar-refractivity contribution >= 4 is 12.2 Å². The van der Waals surface area contributed by atoms with Gasteiger partial charge in [-0.2, -0.15) is 4.68 Å². The second-order valence-electron chi connectivity index (χ2n) is 6.87. The van der Waals surface area contributed by atoms with Crippen LogP contribution in [0.5, 0.6) is 0 Å². The number of aromatic nitrogens is 4. The summed E-state index contributed by atoms with van der Waals surface area (Å²) in [7, 11) is 0. The van der Waals surface area contributed by atoms with Crippen LogP contribution >= 0.6 is 12.2 Å². The number of nitrogens with zero attached hydrogens (tertiary/aromatic N) is 4. The molecule has 0 radical (unpaired) electrons. The molecule has 0 saturated heterocycles. The van der Waals surface area contributed by atoms with E-state index >= 15 is 0 Å². The average molecular weight is 367 g/mol. The van der Waals surface area contributed by atoms with Gasteiger partial charge in [0.2, 0.25) is 4.77 Å². The van der Waals surface area contributed by atoms with E-state index in [2.05, 4.69) is 52.9 Å². The number of benzene rings is 1. The Hall–Kier alpha value is -2.31. The molecule has 1 aliphatic rings. The Labute approximate surface area is 158 Å². The molecule has 0 spiro atoms. The minimum atomic E-state index is 0.491. The third-order valence-electron chi connectivity index (χ3n) is 4.87. The molecule has 1 aliphatic carbocycles. The SMILES string of the molecule is CC[NH+](Cc1ccccc1)Cn1nc(-c2cccnc2)n(C2CC2)c1=S. The van der Waals surface area contributed by atoms with Gasteiger partial charge in [0.25, 0.3) is 0 Å². The molecule has 1 aromatic carbocycles. The van der Waals surface area contributed by atoms with Gasteiger partial charge in [-0.3, -0.25) is 9.55 Å². The Morgan fingerprint density at radius 3 is 2.62 bits per heavy atom. The van der Waals surface area contributed by atoms with Gasteiger partial charge in [0.1, 0.15) is 6.54 Å². The number of nitrogens with one attached hydrogen (secondary N) is 1. The highest BCUT2D eigenvalue weighted by Gasteiger charge is 2.29. The van der Waals surface area contributed by atoms with Gasteiger partial charge < -0.3 is 4.90 Å². The summed E-state index contributed by atoms with van der Waals surface area (Å²) >= 11 is 5.79. The predicted octanol–water partition coefficient (Wildman–Crippen LogP) is 2.87. The fourth-order valence-electron chi connectivity index (χ4n) is 3.27. The molecule has 1 atom stereocenters. The third-order valence-corrected chi connectivity index (χ3v) is 5.28. The molecule has 0 aliphatic heterocycles. The highest BCUT2D eigenvalue weighted by Crippen LogP contribution is 2.38. The first-order valence-electron chi connectivity index (χ1n) is 9.23. The molecule has 1 unspecified atom stereocenters. The molecule has 2 heterocycles. The van der Waals surface area contributed by atoms with Crippen molar-refractivity contribution in [1.82, 2.24) is 19.3 Å². The number of pyridine rings is 1. The number of quaternary nitrogens is 1. The van der Waals surface area contributed by atoms with E-state index in [1.54, 1.807) is 6.20 Å². The summed E-state index contributed by atoms with van der Waals surface area (Å²) in [5.74, 6) is 0.945. The van der Waals surface area contributed by atoms with Gasteiger partial charge in [-0.15, -0.1) is 5.10 Å². The summed E-state index contributed by atoms with van der Waals surface area (Å²) < 4.78 is 5.05. The van der Waals surface area contributed by atoms with Crippen molar-refractivity contribution < 1.29 is 4.90 Å². The van der Waals surface area contributed by atoms with Gasteiger partial charge in [-0.1, -0.05) is 30.3 Å². The van der Waals surface area contributed by atoms with Crippen molar-refractivity contribution in [2.45, 2.75) is 39.0 Å². The van der Waals surface area contributed by atoms with Crippen molar-refractivity contribution in [2.75, 3.05) is 6.54 Å². The molecule has 6 heteroatoms. The lowest BCUT2D eigenvalue weighted by molar-refractivity contribution is -0.935. The summed E-state index contributed by atoms with van der Waals surface area (Å²) in [6, 6.07) is 15.1. The Kier molecular flexibility index (Phi) is 4.95. The molecular weight excluding hydrogens is 342 g/mol. The van der Waals surface area contributed by atoms with Gasteiger partial charge in [-0.05, 0) is 44.1 Å². The van der Waals surface area contributed by atoms with Crippen molar-refractivity contribution in [3.8, 4) is 11.4 Å². The van der Waals surface area contributed by atoms with Gasteiger partial charge in [0.15, 0.2) is 12.5 Å². The van der Waals surface area contributed by atoms with E-state index in [0.29, 0.717) is 6.04 Å². The monoisotopic (exact) mass is 366 g/mol. The quantitative estimate of drug-likeness (QED) is 0.654. The van der Waals surface area contributed by atoms with E-state index in [0.717, 1.165) is 35.9 Å². The van der Waals surface area contributed by atoms with Gasteiger partial charge >= 0.3 is 0 Å². The Balaban J connectivity index is 1.63. The second kappa shape index (κ2) is 7.51. The van der Waals surface area contributed by atoms with Gasteiger partial charge in [0.05, 0.1) is 6.54 Å². The molecule has 2 aromatic heterocycles. The lowest BCUT2D eigenvalue weighted by Gasteiger charge is -2.17. The lowest BCUT2D eigenvalue weighted by Crippen LogP contribution is -3.09. The first-order chi connectivity index (χ1) is 12.8. The molecule has 0 bridgehead atoms. The maximum atomic E-state index is 5.79. The zero-order valence-electron chi connectivity index (χ0n) is 15.0. The van der Waals surface area contributed by atoms with E-state index in [-0.39, 0.29) is 0 Å². The first kappa shape index (κ1) is 17.1. The van der Waals surface area contributed by atoms with Crippen LogP contribution in [0.3, 0.4) is 0 Å². The third kappa shape index (κ3) is 3.61. The van der Waals surface area contributed by atoms with Crippen molar-refractivity contribution in [2.24, 2.45) is 0 Å². The van der Waals surface area contributed by atoms with E-state index < -0.39 is 0 Å². The molecule has 1 saturated carbocycles. The minimum absolute atomic E-state index is 0.491. The smallest absolute Gasteiger partial charge is 0.203 e. The van der Waals surface area contributed by atoms with Crippen LogP contribution in [0.25, 0.3) is 11.4 Å². The molecule has 3 aromatic rings. The molecule has 5 nitrogen and oxygen atoms in total. The summed E-state index contributed by atoms with van der Waals surface area (Å²) in [6.45, 7) is 4.98. The highest BCUT2D eigenvalue weighted by atomic mass is 32.1. The fraction of sp³-hybridized carbons (Fsp3) is 0.350. The first-order valence-corrected chi connectivity index (χ1v) is 9.64. The van der Waals surface area contributed by atoms with Crippen LogP contribution in [-0.4, -0.2) is 25.9 Å². The molecule has 134 valence electrons. The van der Waals surface area contributed by atoms with Crippen molar-refractivity contribution in [3.05, 3.63) is 65.2 Å². The standard InChI is InChI=1S/C20H23N5S/c1-2-23(14-16-7-4-3-5-8-16)15-24-20(26)25(18-10-11-18)19(22-24)17-9-6-12-21-13-17/h3-9,12-13,18H,2,10-11,14-15H2,1H3/p+1. The van der Waals surface area contributed by atoms with Crippen molar-refractivity contribution in [3.63, 3.8) is 0 Å². The zero-order valence-corrected chi connectivity index (χ0v) is 15.8. The molecule has 0 amide bonds. The summed E-state index contributed by atoms with van der Waals surface area (Å²) in [5, 5.41) is 4.89. The average Bonchev–Trinajstić information content (AvgIpc) is 3.47. The van der Waals surface area contributed by atoms with Crippen LogP contribution in [0, 0.1) is 4.77 Å². The molecule has 26 heavy (non-hydrogen) atoms. The molecule has 1 N–H and O–H groups in total. The number of hydrogen-bond acceptors (Lipinski definition) is 3. The number of rotatable bonds is 7. The maximum absolute atomic E-state index is 5.79. The van der Waals surface area contributed by atoms with E-state index in [9.17, 15) is 0 Å². The van der Waals surface area contributed by atoms with E-state index in [1.807, 2.05) is 16.9 Å². The Bertz CT molecular complexity index is 912. The van der Waals surface area contributed by atoms with E-state index in [1.165, 1.54) is 23.3 Å². The summed E-state index contributed by atoms with van der Waals surface area (Å²) in [4.78, 5) is 5.69. The normalized spacial score (nSPS) is 15.1. The Morgan fingerprint density at radius 2 is 1.96 bits per heavy atom. The fourth-order valence-corrected chi connectivity index (χ4v) is 3.61.